The number of nitrogens with one attached hydrogen (secondary N) is 1. The van der Waals surface area contributed by atoms with E-state index in [0.717, 1.165) is 16.5 Å². The molecule has 0 aliphatic rings. The molecule has 10 heteroatoms. The maximum absolute atomic E-state index is 11.7. The van der Waals surface area contributed by atoms with Crippen molar-refractivity contribution in [3.05, 3.63) is 53.0 Å². The fourth-order valence-electron chi connectivity index (χ4n) is 1.76. The number of hydrogen-bond acceptors (Lipinski definition) is 5. The third-order valence-electron chi connectivity index (χ3n) is 2.77. The highest BCUT2D eigenvalue weighted by molar-refractivity contribution is 9.10. The summed E-state index contributed by atoms with van der Waals surface area (Å²) in [5, 5.41) is 14.9. The van der Waals surface area contributed by atoms with Gasteiger partial charge in [-0.3, -0.25) is 29.1 Å². The lowest BCUT2D eigenvalue weighted by Gasteiger charge is -2.06. The van der Waals surface area contributed by atoms with E-state index in [1.807, 2.05) is 4.98 Å². The average Bonchev–Trinajstić information content (AvgIpc) is 2.58. The van der Waals surface area contributed by atoms with Crippen LogP contribution >= 0.6 is 15.9 Å². The zero-order chi connectivity index (χ0) is 15.0. The van der Waals surface area contributed by atoms with Gasteiger partial charge in [-0.15, -0.1) is 0 Å². The van der Waals surface area contributed by atoms with Crippen LogP contribution in [0.2, 0.25) is 0 Å². The molecule has 20 heavy (non-hydrogen) atoms. The predicted octanol–water partition coefficient (Wildman–Crippen LogP) is 0.298. The summed E-state index contributed by atoms with van der Waals surface area (Å²) in [5.74, 6) is 0. The lowest BCUT2D eigenvalue weighted by atomic mass is 10.3. The van der Waals surface area contributed by atoms with E-state index in [-0.39, 0.29) is 6.54 Å². The topological polar surface area (TPSA) is 116 Å². The SMILES string of the molecule is Cc1nn(C)c(Cn2cc([N+](=O)[O-])c(=O)[nH]c2=O)c1Br. The van der Waals surface area contributed by atoms with Crippen LogP contribution in [0, 0.1) is 17.0 Å². The third kappa shape index (κ3) is 2.41. The van der Waals surface area contributed by atoms with Crippen molar-refractivity contribution < 1.29 is 4.92 Å². The number of H-pyrrole nitrogens is 1. The number of aromatic amines is 1. The van der Waals surface area contributed by atoms with E-state index >= 15 is 0 Å². The van der Waals surface area contributed by atoms with Crippen LogP contribution in [0.4, 0.5) is 5.69 Å². The van der Waals surface area contributed by atoms with Gasteiger partial charge in [-0.1, -0.05) is 0 Å². The molecule has 0 bridgehead atoms. The van der Waals surface area contributed by atoms with Crippen molar-refractivity contribution in [3.63, 3.8) is 0 Å². The Bertz CT molecular complexity index is 803. The molecule has 2 heterocycles. The van der Waals surface area contributed by atoms with Gasteiger partial charge in [-0.25, -0.2) is 4.79 Å². The fourth-order valence-corrected chi connectivity index (χ4v) is 2.22. The van der Waals surface area contributed by atoms with Crippen molar-refractivity contribution in [2.24, 2.45) is 7.05 Å². The molecular weight excluding hydrogens is 334 g/mol. The van der Waals surface area contributed by atoms with E-state index in [1.165, 1.54) is 0 Å². The fraction of sp³-hybridized carbons (Fsp3) is 0.300. The van der Waals surface area contributed by atoms with E-state index in [0.29, 0.717) is 10.2 Å². The zero-order valence-corrected chi connectivity index (χ0v) is 12.2. The standard InChI is InChI=1S/C10H10BrN5O4/c1-5-8(11)6(14(2)13-5)3-15-4-7(16(19)20)9(17)12-10(15)18/h4H,3H2,1-2H3,(H,12,17,18). The normalized spacial score (nSPS) is 10.8. The molecule has 0 aromatic carbocycles. The van der Waals surface area contributed by atoms with E-state index < -0.39 is 21.9 Å². The van der Waals surface area contributed by atoms with Crippen LogP contribution in [0.1, 0.15) is 11.4 Å². The number of aromatic nitrogens is 4. The van der Waals surface area contributed by atoms with Gasteiger partial charge in [-0.05, 0) is 22.9 Å². The molecule has 0 fully saturated rings. The Hall–Kier alpha value is -2.23. The minimum atomic E-state index is -1.02. The Kier molecular flexibility index (Phi) is 3.57. The molecular formula is C10H10BrN5O4. The van der Waals surface area contributed by atoms with Crippen LogP contribution in [-0.2, 0) is 13.6 Å². The summed E-state index contributed by atoms with van der Waals surface area (Å²) < 4.78 is 3.32. The summed E-state index contributed by atoms with van der Waals surface area (Å²) in [7, 11) is 1.69. The maximum Gasteiger partial charge on any atom is 0.350 e. The molecule has 0 saturated heterocycles. The lowest BCUT2D eigenvalue weighted by Crippen LogP contribution is -2.31. The van der Waals surface area contributed by atoms with Crippen molar-refractivity contribution in [3.8, 4) is 0 Å². The summed E-state index contributed by atoms with van der Waals surface area (Å²) in [6, 6.07) is 0. The quantitative estimate of drug-likeness (QED) is 0.635. The van der Waals surface area contributed by atoms with Crippen LogP contribution < -0.4 is 11.2 Å². The minimum absolute atomic E-state index is 0.0500. The van der Waals surface area contributed by atoms with Gasteiger partial charge >= 0.3 is 16.9 Å². The highest BCUT2D eigenvalue weighted by Gasteiger charge is 2.17. The number of rotatable bonds is 3. The molecule has 0 spiro atoms. The van der Waals surface area contributed by atoms with Gasteiger partial charge in [0.15, 0.2) is 0 Å². The van der Waals surface area contributed by atoms with E-state index in [2.05, 4.69) is 21.0 Å². The first-order valence-electron chi connectivity index (χ1n) is 5.47. The van der Waals surface area contributed by atoms with Gasteiger partial charge in [0.05, 0.1) is 33.5 Å². The molecule has 9 nitrogen and oxygen atoms in total. The van der Waals surface area contributed by atoms with Gasteiger partial charge in [0.25, 0.3) is 0 Å². The number of halogens is 1. The average molecular weight is 344 g/mol. The van der Waals surface area contributed by atoms with E-state index in [4.69, 9.17) is 0 Å². The number of nitro groups is 1. The van der Waals surface area contributed by atoms with Crippen molar-refractivity contribution in [1.29, 1.82) is 0 Å². The smallest absolute Gasteiger partial charge is 0.288 e. The second-order valence-corrected chi connectivity index (χ2v) is 4.92. The first-order valence-corrected chi connectivity index (χ1v) is 6.26. The van der Waals surface area contributed by atoms with Crippen LogP contribution in [0.15, 0.2) is 20.3 Å². The second kappa shape index (κ2) is 5.04. The Morgan fingerprint density at radius 1 is 1.50 bits per heavy atom. The Morgan fingerprint density at radius 2 is 2.15 bits per heavy atom. The van der Waals surface area contributed by atoms with E-state index in [1.54, 1.807) is 18.7 Å². The Morgan fingerprint density at radius 3 is 2.65 bits per heavy atom. The molecule has 106 valence electrons. The van der Waals surface area contributed by atoms with Crippen LogP contribution in [-0.4, -0.2) is 24.3 Å². The van der Waals surface area contributed by atoms with Crippen molar-refractivity contribution in [2.75, 3.05) is 0 Å². The lowest BCUT2D eigenvalue weighted by molar-refractivity contribution is -0.386. The molecule has 0 aliphatic carbocycles. The number of nitrogens with zero attached hydrogens (tertiary/aromatic N) is 4. The molecule has 0 atom stereocenters. The monoisotopic (exact) mass is 343 g/mol. The van der Waals surface area contributed by atoms with Crippen molar-refractivity contribution >= 4 is 21.6 Å². The number of aryl methyl sites for hydroxylation is 2. The van der Waals surface area contributed by atoms with Gasteiger partial charge < -0.3 is 0 Å². The molecule has 2 aromatic heterocycles. The summed E-state index contributed by atoms with van der Waals surface area (Å²) in [4.78, 5) is 34.8. The third-order valence-corrected chi connectivity index (χ3v) is 3.80. The van der Waals surface area contributed by atoms with Gasteiger partial charge in [-0.2, -0.15) is 5.10 Å². The Labute approximate surface area is 120 Å². The molecule has 0 radical (unpaired) electrons. The largest absolute Gasteiger partial charge is 0.350 e. The molecule has 2 aromatic rings. The van der Waals surface area contributed by atoms with Gasteiger partial charge in [0.2, 0.25) is 0 Å². The van der Waals surface area contributed by atoms with E-state index in [9.17, 15) is 19.7 Å². The first kappa shape index (κ1) is 14.2. The number of hydrogen-bond donors (Lipinski definition) is 1. The molecule has 0 saturated carbocycles. The van der Waals surface area contributed by atoms with Crippen LogP contribution in [0.5, 0.6) is 0 Å². The Balaban J connectivity index is 2.54. The summed E-state index contributed by atoms with van der Waals surface area (Å²) in [6.45, 7) is 1.83. The summed E-state index contributed by atoms with van der Waals surface area (Å²) in [6.07, 6.45) is 0.927. The van der Waals surface area contributed by atoms with Gasteiger partial charge in [0.1, 0.15) is 0 Å². The molecule has 0 amide bonds. The summed E-state index contributed by atoms with van der Waals surface area (Å²) >= 11 is 3.34. The highest BCUT2D eigenvalue weighted by Crippen LogP contribution is 2.20. The van der Waals surface area contributed by atoms with Crippen molar-refractivity contribution in [2.45, 2.75) is 13.5 Å². The first-order chi connectivity index (χ1) is 9.31. The second-order valence-electron chi connectivity index (χ2n) is 4.13. The molecule has 1 N–H and O–H groups in total. The predicted molar refractivity (Wildman–Crippen MR) is 72.7 cm³/mol. The minimum Gasteiger partial charge on any atom is -0.288 e. The zero-order valence-electron chi connectivity index (χ0n) is 10.6. The molecule has 0 unspecified atom stereocenters. The highest BCUT2D eigenvalue weighted by atomic mass is 79.9. The van der Waals surface area contributed by atoms with Gasteiger partial charge in [0, 0.05) is 7.05 Å². The summed E-state index contributed by atoms with van der Waals surface area (Å²) in [5.41, 5.74) is -1.03. The maximum atomic E-state index is 11.7. The van der Waals surface area contributed by atoms with Crippen LogP contribution in [0.25, 0.3) is 0 Å². The van der Waals surface area contributed by atoms with Crippen molar-refractivity contribution in [1.82, 2.24) is 19.3 Å². The van der Waals surface area contributed by atoms with Crippen LogP contribution in [0.3, 0.4) is 0 Å². The molecule has 0 aliphatic heterocycles. The molecule has 2 rings (SSSR count).